The molecule has 0 spiro atoms. The second kappa shape index (κ2) is 11.9. The molecule has 2 aromatic heterocycles. The minimum absolute atomic E-state index is 0.218. The highest BCUT2D eigenvalue weighted by Gasteiger charge is 2.32. The molecule has 0 bridgehead atoms. The standard InChI is InChI=1S/C31H27ClFN9/c32-25-14-22(38-30(20-8-11-28(33)36-16-20)27-18-42(41-40-27)23-9-10-23)13-24-29(21(15-35)17-37-31(24)25)39-26(7-4-12-34)19-5-2-1-3-6-19/h1-3,5-6,8,11,13-14,16-18,23,26,30,38,40-41H,4,7,9-10H2,(H,37,39)/t26-,30+/m0/s1. The molecule has 0 unspecified atom stereocenters. The van der Waals surface area contributed by atoms with Crippen molar-refractivity contribution in [3.05, 3.63) is 107 Å². The molecule has 1 aliphatic heterocycles. The van der Waals surface area contributed by atoms with Crippen LogP contribution in [0.15, 0.2) is 78.9 Å². The van der Waals surface area contributed by atoms with E-state index in [1.807, 2.05) is 47.6 Å². The monoisotopic (exact) mass is 579 g/mol. The van der Waals surface area contributed by atoms with Crippen molar-refractivity contribution in [2.75, 3.05) is 10.6 Å². The van der Waals surface area contributed by atoms with E-state index in [0.717, 1.165) is 29.7 Å². The fraction of sp³-hybridized carbons (Fsp3) is 0.226. The molecule has 210 valence electrons. The lowest BCUT2D eigenvalue weighted by atomic mass is 10.00. The molecule has 0 saturated heterocycles. The smallest absolute Gasteiger partial charge is 0.212 e. The number of nitrogens with one attached hydrogen (secondary N) is 4. The SMILES string of the molecule is N#CCC[C@H](Nc1c(C#N)cnc2c(Cl)cc(N[C@@H](C3=CN(C4CC4)NN3)c3ccc(F)nc3)cc12)c1ccccc1. The Kier molecular flexibility index (Phi) is 7.74. The van der Waals surface area contributed by atoms with Crippen LogP contribution in [0.1, 0.15) is 54.5 Å². The molecule has 0 amide bonds. The highest BCUT2D eigenvalue weighted by molar-refractivity contribution is 6.35. The largest absolute Gasteiger partial charge is 0.377 e. The van der Waals surface area contributed by atoms with E-state index in [1.165, 1.54) is 18.5 Å². The molecule has 4 aromatic rings. The molecule has 2 aliphatic rings. The van der Waals surface area contributed by atoms with E-state index >= 15 is 0 Å². The van der Waals surface area contributed by atoms with Gasteiger partial charge in [-0.15, -0.1) is 5.53 Å². The Morgan fingerprint density at radius 1 is 1.05 bits per heavy atom. The average Bonchev–Trinajstić information content (AvgIpc) is 3.75. The normalized spacial score (nSPS) is 15.7. The number of halogens is 2. The van der Waals surface area contributed by atoms with Gasteiger partial charge in [0.15, 0.2) is 0 Å². The molecule has 0 radical (unpaired) electrons. The first-order valence-corrected chi connectivity index (χ1v) is 14.0. The van der Waals surface area contributed by atoms with Gasteiger partial charge in [-0.2, -0.15) is 14.9 Å². The Hall–Kier alpha value is -4.90. The number of hydrogen-bond acceptors (Lipinski definition) is 9. The molecule has 2 atom stereocenters. The van der Waals surface area contributed by atoms with Gasteiger partial charge in [0.05, 0.1) is 45.6 Å². The minimum atomic E-state index is -0.562. The Balaban J connectivity index is 1.41. The fourth-order valence-electron chi connectivity index (χ4n) is 5.08. The van der Waals surface area contributed by atoms with Crippen molar-refractivity contribution in [3.8, 4) is 12.1 Å². The van der Waals surface area contributed by atoms with Crippen molar-refractivity contribution >= 4 is 33.9 Å². The topological polar surface area (TPSA) is 125 Å². The predicted octanol–water partition coefficient (Wildman–Crippen LogP) is 6.23. The third-order valence-electron chi connectivity index (χ3n) is 7.36. The zero-order chi connectivity index (χ0) is 29.1. The maximum atomic E-state index is 13.7. The number of hydrogen-bond donors (Lipinski definition) is 4. The van der Waals surface area contributed by atoms with E-state index in [4.69, 9.17) is 11.6 Å². The molecule has 42 heavy (non-hydrogen) atoms. The van der Waals surface area contributed by atoms with Crippen LogP contribution in [0, 0.1) is 28.6 Å². The van der Waals surface area contributed by atoms with Gasteiger partial charge >= 0.3 is 0 Å². The summed E-state index contributed by atoms with van der Waals surface area (Å²) in [5.74, 6) is -0.562. The van der Waals surface area contributed by atoms with Gasteiger partial charge in [-0.25, -0.2) is 4.98 Å². The van der Waals surface area contributed by atoms with Crippen molar-refractivity contribution in [1.29, 1.82) is 10.5 Å². The molecule has 1 aliphatic carbocycles. The van der Waals surface area contributed by atoms with Crippen molar-refractivity contribution < 1.29 is 4.39 Å². The molecular formula is C31H27ClFN9. The molecular weight excluding hydrogens is 553 g/mol. The predicted molar refractivity (Wildman–Crippen MR) is 159 cm³/mol. The second-order valence-corrected chi connectivity index (χ2v) is 10.7. The third-order valence-corrected chi connectivity index (χ3v) is 7.65. The second-order valence-electron chi connectivity index (χ2n) is 10.3. The van der Waals surface area contributed by atoms with Gasteiger partial charge in [-0.1, -0.05) is 48.0 Å². The van der Waals surface area contributed by atoms with E-state index in [9.17, 15) is 14.9 Å². The van der Waals surface area contributed by atoms with Crippen molar-refractivity contribution in [2.45, 2.75) is 43.8 Å². The first-order valence-electron chi connectivity index (χ1n) is 13.6. The number of hydrazine groups is 2. The Morgan fingerprint density at radius 3 is 2.60 bits per heavy atom. The van der Waals surface area contributed by atoms with Gasteiger partial charge in [0, 0.05) is 42.1 Å². The lowest BCUT2D eigenvalue weighted by molar-refractivity contribution is 0.260. The van der Waals surface area contributed by atoms with E-state index < -0.39 is 12.0 Å². The average molecular weight is 580 g/mol. The molecule has 3 heterocycles. The van der Waals surface area contributed by atoms with Gasteiger partial charge < -0.3 is 16.1 Å². The van der Waals surface area contributed by atoms with Gasteiger partial charge in [-0.05, 0) is 48.6 Å². The van der Waals surface area contributed by atoms with E-state index in [0.29, 0.717) is 51.7 Å². The number of aromatic nitrogens is 2. The molecule has 9 nitrogen and oxygen atoms in total. The molecule has 11 heteroatoms. The summed E-state index contributed by atoms with van der Waals surface area (Å²) in [7, 11) is 0. The zero-order valence-electron chi connectivity index (χ0n) is 22.5. The third kappa shape index (κ3) is 5.77. The maximum absolute atomic E-state index is 13.7. The van der Waals surface area contributed by atoms with Crippen LogP contribution >= 0.6 is 11.6 Å². The lowest BCUT2D eigenvalue weighted by Crippen LogP contribution is -2.38. The summed E-state index contributed by atoms with van der Waals surface area (Å²) in [6, 6.07) is 20.8. The van der Waals surface area contributed by atoms with Crippen LogP contribution in [0.25, 0.3) is 10.9 Å². The summed E-state index contributed by atoms with van der Waals surface area (Å²) >= 11 is 6.78. The summed E-state index contributed by atoms with van der Waals surface area (Å²) in [6.07, 6.45) is 8.11. The summed E-state index contributed by atoms with van der Waals surface area (Å²) in [4.78, 5) is 8.36. The van der Waals surface area contributed by atoms with Crippen molar-refractivity contribution in [1.82, 2.24) is 25.9 Å². The number of benzene rings is 2. The van der Waals surface area contributed by atoms with Crippen LogP contribution in [0.4, 0.5) is 15.8 Å². The van der Waals surface area contributed by atoms with Crippen LogP contribution in [0.3, 0.4) is 0 Å². The highest BCUT2D eigenvalue weighted by atomic mass is 35.5. The lowest BCUT2D eigenvalue weighted by Gasteiger charge is -2.23. The summed E-state index contributed by atoms with van der Waals surface area (Å²) in [5, 5.41) is 29.5. The van der Waals surface area contributed by atoms with E-state index in [1.54, 1.807) is 12.1 Å². The van der Waals surface area contributed by atoms with E-state index in [2.05, 4.69) is 43.7 Å². The zero-order valence-corrected chi connectivity index (χ0v) is 23.2. The number of fused-ring (bicyclic) bond motifs is 1. The van der Waals surface area contributed by atoms with Gasteiger partial charge in [0.25, 0.3) is 0 Å². The van der Waals surface area contributed by atoms with Gasteiger partial charge in [-0.3, -0.25) is 9.99 Å². The maximum Gasteiger partial charge on any atom is 0.212 e. The van der Waals surface area contributed by atoms with Crippen LogP contribution in [0.5, 0.6) is 0 Å². The van der Waals surface area contributed by atoms with Crippen LogP contribution < -0.4 is 21.6 Å². The number of pyridine rings is 2. The molecule has 4 N–H and O–H groups in total. The summed E-state index contributed by atoms with van der Waals surface area (Å²) < 4.78 is 13.7. The van der Waals surface area contributed by atoms with Crippen LogP contribution in [-0.4, -0.2) is 21.0 Å². The Labute approximate surface area is 247 Å². The number of rotatable bonds is 10. The van der Waals surface area contributed by atoms with Crippen molar-refractivity contribution in [2.24, 2.45) is 0 Å². The van der Waals surface area contributed by atoms with Crippen molar-refractivity contribution in [3.63, 3.8) is 0 Å². The van der Waals surface area contributed by atoms with Crippen LogP contribution in [0.2, 0.25) is 5.02 Å². The molecule has 1 fully saturated rings. The number of anilines is 2. The quantitative estimate of drug-likeness (QED) is 0.162. The molecule has 2 aromatic carbocycles. The number of nitriles is 2. The number of nitrogens with zero attached hydrogens (tertiary/aromatic N) is 5. The summed E-state index contributed by atoms with van der Waals surface area (Å²) in [5.41, 5.74) is 11.1. The highest BCUT2D eigenvalue weighted by Crippen LogP contribution is 2.38. The van der Waals surface area contributed by atoms with E-state index in [-0.39, 0.29) is 6.04 Å². The van der Waals surface area contributed by atoms with Crippen LogP contribution in [-0.2, 0) is 0 Å². The minimum Gasteiger partial charge on any atom is -0.377 e. The Morgan fingerprint density at radius 2 is 1.88 bits per heavy atom. The first kappa shape index (κ1) is 27.3. The first-order chi connectivity index (χ1) is 20.5. The molecule has 6 rings (SSSR count). The van der Waals surface area contributed by atoms with Gasteiger partial charge in [0.2, 0.25) is 5.95 Å². The Bertz CT molecular complexity index is 1710. The summed E-state index contributed by atoms with van der Waals surface area (Å²) in [6.45, 7) is 0. The fourth-order valence-corrected chi connectivity index (χ4v) is 5.35. The van der Waals surface area contributed by atoms with Gasteiger partial charge in [0.1, 0.15) is 6.07 Å². The molecule has 1 saturated carbocycles.